The minimum absolute atomic E-state index is 0.0684. The average Bonchev–Trinajstić information content (AvgIpc) is 2.46. The number of amides is 1. The summed E-state index contributed by atoms with van der Waals surface area (Å²) in [5.74, 6) is 0.0298. The van der Waals surface area contributed by atoms with Gasteiger partial charge in [-0.05, 0) is 44.2 Å². The van der Waals surface area contributed by atoms with Crippen molar-refractivity contribution in [2.45, 2.75) is 20.0 Å². The molecule has 0 unspecified atom stereocenters. The van der Waals surface area contributed by atoms with Gasteiger partial charge in [-0.15, -0.1) is 0 Å². The van der Waals surface area contributed by atoms with Crippen molar-refractivity contribution in [3.8, 4) is 5.75 Å². The third kappa shape index (κ3) is 4.98. The number of hydrogen-bond acceptors (Lipinski definition) is 3. The second-order valence-electron chi connectivity index (χ2n) is 4.99. The normalized spacial score (nSPS) is 11.7. The fourth-order valence-electron chi connectivity index (χ4n) is 1.92. The van der Waals surface area contributed by atoms with Gasteiger partial charge in [0.05, 0.1) is 0 Å². The number of carbonyl (C=O) groups excluding carboxylic acids is 2. The lowest BCUT2D eigenvalue weighted by molar-refractivity contribution is -0.122. The fourth-order valence-corrected chi connectivity index (χ4v) is 2.44. The van der Waals surface area contributed by atoms with Crippen molar-refractivity contribution in [2.24, 2.45) is 0 Å². The maximum absolute atomic E-state index is 12.2. The van der Waals surface area contributed by atoms with Crippen LogP contribution >= 0.6 is 23.2 Å². The molecule has 1 amide bonds. The van der Waals surface area contributed by atoms with Crippen molar-refractivity contribution in [1.82, 2.24) is 0 Å². The van der Waals surface area contributed by atoms with Gasteiger partial charge in [-0.25, -0.2) is 0 Å². The van der Waals surface area contributed by atoms with Crippen LogP contribution in [-0.2, 0) is 4.79 Å². The van der Waals surface area contributed by atoms with E-state index in [0.717, 1.165) is 0 Å². The van der Waals surface area contributed by atoms with Gasteiger partial charge in [0.2, 0.25) is 0 Å². The van der Waals surface area contributed by atoms with Crippen LogP contribution in [0.1, 0.15) is 24.2 Å². The van der Waals surface area contributed by atoms with Gasteiger partial charge in [0.25, 0.3) is 5.91 Å². The molecule has 6 heteroatoms. The summed E-state index contributed by atoms with van der Waals surface area (Å²) in [5, 5.41) is 3.53. The molecule has 0 aliphatic carbocycles. The lowest BCUT2D eigenvalue weighted by Crippen LogP contribution is -2.30. The summed E-state index contributed by atoms with van der Waals surface area (Å²) < 4.78 is 5.57. The summed E-state index contributed by atoms with van der Waals surface area (Å²) in [6.07, 6.45) is -0.755. The molecule has 0 aromatic heterocycles. The van der Waals surface area contributed by atoms with Crippen molar-refractivity contribution < 1.29 is 14.3 Å². The first-order valence-corrected chi connectivity index (χ1v) is 7.65. The van der Waals surface area contributed by atoms with E-state index in [2.05, 4.69) is 5.32 Å². The molecule has 2 aromatic carbocycles. The maximum atomic E-state index is 12.2. The van der Waals surface area contributed by atoms with Gasteiger partial charge in [-0.1, -0.05) is 35.3 Å². The molecular weight excluding hydrogens is 337 g/mol. The predicted molar refractivity (Wildman–Crippen MR) is 91.6 cm³/mol. The smallest absolute Gasteiger partial charge is 0.265 e. The lowest BCUT2D eigenvalue weighted by atomic mass is 10.1. The molecule has 4 nitrogen and oxygen atoms in total. The summed E-state index contributed by atoms with van der Waals surface area (Å²) >= 11 is 11.8. The van der Waals surface area contributed by atoms with Crippen LogP contribution in [0.25, 0.3) is 0 Å². The summed E-state index contributed by atoms with van der Waals surface area (Å²) in [4.78, 5) is 23.5. The van der Waals surface area contributed by atoms with E-state index in [1.807, 2.05) is 0 Å². The first kappa shape index (κ1) is 17.3. The number of ether oxygens (including phenoxy) is 1. The molecule has 23 heavy (non-hydrogen) atoms. The summed E-state index contributed by atoms with van der Waals surface area (Å²) in [6.45, 7) is 3.08. The minimum Gasteiger partial charge on any atom is -0.481 e. The van der Waals surface area contributed by atoms with E-state index in [9.17, 15) is 9.59 Å². The van der Waals surface area contributed by atoms with Crippen LogP contribution in [-0.4, -0.2) is 17.8 Å². The first-order chi connectivity index (χ1) is 10.8. The van der Waals surface area contributed by atoms with Gasteiger partial charge in [0.15, 0.2) is 11.9 Å². The number of halogens is 2. The third-order valence-corrected chi connectivity index (χ3v) is 3.49. The van der Waals surface area contributed by atoms with Gasteiger partial charge in [0.1, 0.15) is 5.75 Å². The quantitative estimate of drug-likeness (QED) is 0.800. The van der Waals surface area contributed by atoms with Crippen molar-refractivity contribution in [1.29, 1.82) is 0 Å². The molecule has 0 saturated heterocycles. The molecule has 0 spiro atoms. The number of hydrogen-bond donors (Lipinski definition) is 1. The van der Waals surface area contributed by atoms with Crippen LogP contribution in [0.5, 0.6) is 5.75 Å². The molecule has 1 atom stereocenters. The Morgan fingerprint density at radius 1 is 1.09 bits per heavy atom. The summed E-state index contributed by atoms with van der Waals surface area (Å²) in [5.41, 5.74) is 1.01. The van der Waals surface area contributed by atoms with E-state index in [-0.39, 0.29) is 11.7 Å². The zero-order chi connectivity index (χ0) is 17.0. The van der Waals surface area contributed by atoms with Gasteiger partial charge < -0.3 is 10.1 Å². The Morgan fingerprint density at radius 3 is 2.35 bits per heavy atom. The van der Waals surface area contributed by atoms with Crippen LogP contribution in [0.15, 0.2) is 42.5 Å². The van der Waals surface area contributed by atoms with Gasteiger partial charge in [-0.3, -0.25) is 9.59 Å². The van der Waals surface area contributed by atoms with Crippen molar-refractivity contribution in [3.63, 3.8) is 0 Å². The van der Waals surface area contributed by atoms with E-state index in [1.165, 1.54) is 6.92 Å². The number of rotatable bonds is 5. The molecule has 0 saturated carbocycles. The van der Waals surface area contributed by atoms with E-state index in [1.54, 1.807) is 49.4 Å². The molecule has 0 fully saturated rings. The number of carbonyl (C=O) groups is 2. The predicted octanol–water partition coefficient (Wildman–Crippen LogP) is 4.60. The molecule has 0 bridgehead atoms. The summed E-state index contributed by atoms with van der Waals surface area (Å²) in [7, 11) is 0. The van der Waals surface area contributed by atoms with E-state index < -0.39 is 6.10 Å². The topological polar surface area (TPSA) is 55.4 Å². The monoisotopic (exact) mass is 351 g/mol. The average molecular weight is 352 g/mol. The Labute approximate surface area is 144 Å². The zero-order valence-corrected chi connectivity index (χ0v) is 14.1. The van der Waals surface area contributed by atoms with Crippen LogP contribution < -0.4 is 10.1 Å². The highest BCUT2D eigenvalue weighted by Gasteiger charge is 2.16. The Morgan fingerprint density at radius 2 is 1.74 bits per heavy atom. The molecule has 0 aliphatic rings. The number of ketones is 1. The Balaban J connectivity index is 2.05. The highest BCUT2D eigenvalue weighted by atomic mass is 35.5. The number of nitrogens with one attached hydrogen (secondary N) is 1. The van der Waals surface area contributed by atoms with Gasteiger partial charge in [0, 0.05) is 21.3 Å². The molecule has 1 N–H and O–H groups in total. The zero-order valence-electron chi connectivity index (χ0n) is 12.6. The van der Waals surface area contributed by atoms with Gasteiger partial charge >= 0.3 is 0 Å². The first-order valence-electron chi connectivity index (χ1n) is 6.90. The standard InChI is InChI=1S/C17H15Cl2NO3/c1-10(21)12-4-3-5-16(6-12)23-11(2)17(22)20-15-8-13(18)7-14(19)9-15/h3-9,11H,1-2H3,(H,20,22)/t11-/m1/s1. The molecule has 0 aliphatic heterocycles. The van der Waals surface area contributed by atoms with Crippen molar-refractivity contribution in [2.75, 3.05) is 5.32 Å². The van der Waals surface area contributed by atoms with E-state index >= 15 is 0 Å². The fraction of sp³-hybridized carbons (Fsp3) is 0.176. The number of benzene rings is 2. The lowest BCUT2D eigenvalue weighted by Gasteiger charge is -2.15. The molecule has 120 valence electrons. The largest absolute Gasteiger partial charge is 0.481 e. The second kappa shape index (κ2) is 7.49. The van der Waals surface area contributed by atoms with Crippen molar-refractivity contribution in [3.05, 3.63) is 58.1 Å². The van der Waals surface area contributed by atoms with Crippen LogP contribution in [0.4, 0.5) is 5.69 Å². The third-order valence-electron chi connectivity index (χ3n) is 3.05. The Kier molecular flexibility index (Phi) is 5.64. The number of anilines is 1. The second-order valence-corrected chi connectivity index (χ2v) is 5.86. The molecule has 2 aromatic rings. The minimum atomic E-state index is -0.755. The highest BCUT2D eigenvalue weighted by Crippen LogP contribution is 2.23. The van der Waals surface area contributed by atoms with Crippen LogP contribution in [0, 0.1) is 0 Å². The van der Waals surface area contributed by atoms with Crippen LogP contribution in [0.3, 0.4) is 0 Å². The number of Topliss-reactive ketones (excluding diaryl/α,β-unsaturated/α-hetero) is 1. The summed E-state index contributed by atoms with van der Waals surface area (Å²) in [6, 6.07) is 11.4. The Bertz CT molecular complexity index is 726. The molecule has 0 radical (unpaired) electrons. The molecule has 0 heterocycles. The van der Waals surface area contributed by atoms with Gasteiger partial charge in [-0.2, -0.15) is 0 Å². The highest BCUT2D eigenvalue weighted by molar-refractivity contribution is 6.35. The van der Waals surface area contributed by atoms with Crippen molar-refractivity contribution >= 4 is 40.6 Å². The molecule has 2 rings (SSSR count). The maximum Gasteiger partial charge on any atom is 0.265 e. The van der Waals surface area contributed by atoms with E-state index in [4.69, 9.17) is 27.9 Å². The SMILES string of the molecule is CC(=O)c1cccc(O[C@H](C)C(=O)Nc2cc(Cl)cc(Cl)c2)c1. The van der Waals surface area contributed by atoms with Crippen LogP contribution in [0.2, 0.25) is 10.0 Å². The molecular formula is C17H15Cl2NO3. The van der Waals surface area contributed by atoms with E-state index in [0.29, 0.717) is 27.0 Å². The Hall–Kier alpha value is -2.04.